The third-order valence-corrected chi connectivity index (χ3v) is 4.52. The van der Waals surface area contributed by atoms with E-state index in [2.05, 4.69) is 5.10 Å². The molecule has 2 heterocycles. The Balaban J connectivity index is 1.87. The Bertz CT molecular complexity index is 741. The minimum absolute atomic E-state index is 0.168. The number of nitrogens with zero attached hydrogens (tertiary/aromatic N) is 3. The number of fused-ring (bicyclic) bond motifs is 1. The number of aromatic nitrogens is 2. The summed E-state index contributed by atoms with van der Waals surface area (Å²) < 4.78 is 29.2. The fraction of sp³-hybridized carbons (Fsp3) is 0.412. The SMILES string of the molecule is C[C@H](c1cc(F)ccc1F)N(C)C(=O)c1cnn2c1CCCC2. The molecular formula is C17H19F2N3O. The van der Waals surface area contributed by atoms with Crippen molar-refractivity contribution in [2.75, 3.05) is 7.05 Å². The second-order valence-corrected chi connectivity index (χ2v) is 5.94. The van der Waals surface area contributed by atoms with Gasteiger partial charge in [-0.15, -0.1) is 0 Å². The van der Waals surface area contributed by atoms with Gasteiger partial charge in [-0.05, 0) is 44.4 Å². The molecule has 0 radical (unpaired) electrons. The van der Waals surface area contributed by atoms with Crippen molar-refractivity contribution in [2.45, 2.75) is 38.8 Å². The number of rotatable bonds is 3. The summed E-state index contributed by atoms with van der Waals surface area (Å²) in [5.41, 5.74) is 1.65. The van der Waals surface area contributed by atoms with Gasteiger partial charge in [0, 0.05) is 19.2 Å². The molecule has 1 aliphatic heterocycles. The van der Waals surface area contributed by atoms with Crippen LogP contribution in [-0.4, -0.2) is 27.6 Å². The van der Waals surface area contributed by atoms with Crippen molar-refractivity contribution in [3.63, 3.8) is 0 Å². The maximum Gasteiger partial charge on any atom is 0.257 e. The molecule has 122 valence electrons. The Morgan fingerprint density at radius 2 is 2.13 bits per heavy atom. The van der Waals surface area contributed by atoms with Crippen LogP contribution in [0.1, 0.15) is 47.4 Å². The van der Waals surface area contributed by atoms with Crippen molar-refractivity contribution < 1.29 is 13.6 Å². The highest BCUT2D eigenvalue weighted by Gasteiger charge is 2.26. The molecule has 3 rings (SSSR count). The molecule has 6 heteroatoms. The average molecular weight is 319 g/mol. The number of carbonyl (C=O) groups is 1. The monoisotopic (exact) mass is 319 g/mol. The van der Waals surface area contributed by atoms with Crippen LogP contribution in [0, 0.1) is 11.6 Å². The number of hydrogen-bond acceptors (Lipinski definition) is 2. The Kier molecular flexibility index (Phi) is 4.15. The van der Waals surface area contributed by atoms with Crippen molar-refractivity contribution in [1.29, 1.82) is 0 Å². The molecule has 1 atom stereocenters. The van der Waals surface area contributed by atoms with Crippen LogP contribution in [0.25, 0.3) is 0 Å². The van der Waals surface area contributed by atoms with Crippen LogP contribution < -0.4 is 0 Å². The normalized spacial score (nSPS) is 15.1. The molecule has 0 bridgehead atoms. The van der Waals surface area contributed by atoms with E-state index >= 15 is 0 Å². The number of carbonyl (C=O) groups excluding carboxylic acids is 1. The summed E-state index contributed by atoms with van der Waals surface area (Å²) >= 11 is 0. The fourth-order valence-corrected chi connectivity index (χ4v) is 3.01. The molecule has 0 spiro atoms. The van der Waals surface area contributed by atoms with E-state index in [1.807, 2.05) is 4.68 Å². The first-order chi connectivity index (χ1) is 11.0. The Hall–Kier alpha value is -2.24. The molecule has 1 aromatic carbocycles. The van der Waals surface area contributed by atoms with Gasteiger partial charge in [0.15, 0.2) is 0 Å². The minimum atomic E-state index is -0.572. The van der Waals surface area contributed by atoms with Gasteiger partial charge in [0.2, 0.25) is 0 Å². The first kappa shape index (κ1) is 15.6. The van der Waals surface area contributed by atoms with Gasteiger partial charge in [0.05, 0.1) is 23.5 Å². The number of amides is 1. The van der Waals surface area contributed by atoms with Gasteiger partial charge in [0.1, 0.15) is 11.6 Å². The highest BCUT2D eigenvalue weighted by Crippen LogP contribution is 2.26. The van der Waals surface area contributed by atoms with Crippen molar-refractivity contribution in [1.82, 2.24) is 14.7 Å². The number of halogens is 2. The van der Waals surface area contributed by atoms with Gasteiger partial charge in [-0.1, -0.05) is 0 Å². The van der Waals surface area contributed by atoms with Crippen LogP contribution in [-0.2, 0) is 13.0 Å². The summed E-state index contributed by atoms with van der Waals surface area (Å²) in [6, 6.07) is 2.72. The molecule has 2 aromatic rings. The van der Waals surface area contributed by atoms with E-state index in [-0.39, 0.29) is 11.5 Å². The van der Waals surface area contributed by atoms with Gasteiger partial charge < -0.3 is 4.90 Å². The molecule has 0 aliphatic carbocycles. The Morgan fingerprint density at radius 1 is 1.35 bits per heavy atom. The lowest BCUT2D eigenvalue weighted by molar-refractivity contribution is 0.0738. The van der Waals surface area contributed by atoms with E-state index < -0.39 is 17.7 Å². The maximum atomic E-state index is 13.9. The second kappa shape index (κ2) is 6.10. The third kappa shape index (κ3) is 2.85. The lowest BCUT2D eigenvalue weighted by atomic mass is 10.0. The van der Waals surface area contributed by atoms with Gasteiger partial charge in [-0.2, -0.15) is 5.10 Å². The van der Waals surface area contributed by atoms with Gasteiger partial charge in [-0.25, -0.2) is 8.78 Å². The molecule has 1 aromatic heterocycles. The number of aryl methyl sites for hydroxylation is 1. The zero-order chi connectivity index (χ0) is 16.6. The third-order valence-electron chi connectivity index (χ3n) is 4.52. The minimum Gasteiger partial charge on any atom is -0.335 e. The molecule has 23 heavy (non-hydrogen) atoms. The number of benzene rings is 1. The largest absolute Gasteiger partial charge is 0.335 e. The zero-order valence-corrected chi connectivity index (χ0v) is 13.2. The fourth-order valence-electron chi connectivity index (χ4n) is 3.01. The molecular weight excluding hydrogens is 300 g/mol. The highest BCUT2D eigenvalue weighted by molar-refractivity contribution is 5.95. The zero-order valence-electron chi connectivity index (χ0n) is 13.2. The molecule has 4 nitrogen and oxygen atoms in total. The molecule has 1 aliphatic rings. The van der Waals surface area contributed by atoms with Gasteiger partial charge >= 0.3 is 0 Å². The number of hydrogen-bond donors (Lipinski definition) is 0. The molecule has 0 saturated carbocycles. The van der Waals surface area contributed by atoms with E-state index in [1.165, 1.54) is 4.90 Å². The van der Waals surface area contributed by atoms with E-state index in [9.17, 15) is 13.6 Å². The van der Waals surface area contributed by atoms with Gasteiger partial charge in [0.25, 0.3) is 5.91 Å². The first-order valence-corrected chi connectivity index (χ1v) is 7.76. The van der Waals surface area contributed by atoms with E-state index in [0.717, 1.165) is 49.7 Å². The molecule has 0 saturated heterocycles. The smallest absolute Gasteiger partial charge is 0.257 e. The molecule has 0 fully saturated rings. The predicted octanol–water partition coefficient (Wildman–Crippen LogP) is 3.33. The lowest BCUT2D eigenvalue weighted by Crippen LogP contribution is -2.31. The summed E-state index contributed by atoms with van der Waals surface area (Å²) in [5, 5.41) is 4.26. The predicted molar refractivity (Wildman–Crippen MR) is 82.0 cm³/mol. The average Bonchev–Trinajstić information content (AvgIpc) is 2.99. The van der Waals surface area contributed by atoms with Crippen molar-refractivity contribution in [3.8, 4) is 0 Å². The van der Waals surface area contributed by atoms with Crippen molar-refractivity contribution in [3.05, 3.63) is 52.9 Å². The Labute approximate surface area is 133 Å². The van der Waals surface area contributed by atoms with Crippen LogP contribution in [0.4, 0.5) is 8.78 Å². The maximum absolute atomic E-state index is 13.9. The van der Waals surface area contributed by atoms with Crippen LogP contribution in [0.3, 0.4) is 0 Å². The Morgan fingerprint density at radius 3 is 2.91 bits per heavy atom. The highest BCUT2D eigenvalue weighted by atomic mass is 19.1. The standard InChI is InChI=1S/C17H19F2N3O/c1-11(13-9-12(18)6-7-15(13)19)21(2)17(23)14-10-20-22-8-4-3-5-16(14)22/h6-7,9-11H,3-5,8H2,1-2H3/t11-/m1/s1. The van der Waals surface area contributed by atoms with E-state index in [0.29, 0.717) is 5.56 Å². The summed E-state index contributed by atoms with van der Waals surface area (Å²) in [5.74, 6) is -1.25. The van der Waals surface area contributed by atoms with E-state index in [4.69, 9.17) is 0 Å². The molecule has 1 amide bonds. The summed E-state index contributed by atoms with van der Waals surface area (Å²) in [6.45, 7) is 2.51. The summed E-state index contributed by atoms with van der Waals surface area (Å²) in [6.07, 6.45) is 4.48. The second-order valence-electron chi connectivity index (χ2n) is 5.94. The first-order valence-electron chi connectivity index (χ1n) is 7.76. The molecule has 0 N–H and O–H groups in total. The quantitative estimate of drug-likeness (QED) is 0.870. The lowest BCUT2D eigenvalue weighted by Gasteiger charge is -2.26. The topological polar surface area (TPSA) is 38.1 Å². The van der Waals surface area contributed by atoms with Crippen LogP contribution in [0.2, 0.25) is 0 Å². The van der Waals surface area contributed by atoms with Crippen LogP contribution in [0.15, 0.2) is 24.4 Å². The summed E-state index contributed by atoms with van der Waals surface area (Å²) in [7, 11) is 1.60. The van der Waals surface area contributed by atoms with Gasteiger partial charge in [-0.3, -0.25) is 9.48 Å². The van der Waals surface area contributed by atoms with Crippen molar-refractivity contribution in [2.24, 2.45) is 0 Å². The van der Waals surface area contributed by atoms with E-state index in [1.54, 1.807) is 20.2 Å². The summed E-state index contributed by atoms with van der Waals surface area (Å²) in [4.78, 5) is 14.2. The van der Waals surface area contributed by atoms with Crippen LogP contribution in [0.5, 0.6) is 0 Å². The van der Waals surface area contributed by atoms with Crippen LogP contribution >= 0.6 is 0 Å². The van der Waals surface area contributed by atoms with Crippen molar-refractivity contribution >= 4 is 5.91 Å². The molecule has 0 unspecified atom stereocenters.